The first-order chi connectivity index (χ1) is 9.72. The van der Waals surface area contributed by atoms with Crippen molar-refractivity contribution in [2.75, 3.05) is 0 Å². The standard InChI is InChI=1S/C16H12O4/c1-2-19-16(18)20-14-11-7-6-10-13(14)15(17)12-8-4-3-5-9-12/h2-11H,1H2. The van der Waals surface area contributed by atoms with Gasteiger partial charge in [-0.2, -0.15) is 0 Å². The molecule has 0 unspecified atom stereocenters. The molecule has 0 bridgehead atoms. The van der Waals surface area contributed by atoms with Crippen molar-refractivity contribution in [3.63, 3.8) is 0 Å². The average molecular weight is 268 g/mol. The Balaban J connectivity index is 2.30. The number of hydrogen-bond acceptors (Lipinski definition) is 4. The molecule has 100 valence electrons. The molecule has 2 aromatic rings. The van der Waals surface area contributed by atoms with E-state index in [0.717, 1.165) is 6.26 Å². The van der Waals surface area contributed by atoms with E-state index in [4.69, 9.17) is 4.74 Å². The molecule has 0 saturated heterocycles. The van der Waals surface area contributed by atoms with Gasteiger partial charge in [-0.05, 0) is 12.1 Å². The topological polar surface area (TPSA) is 52.6 Å². The van der Waals surface area contributed by atoms with Gasteiger partial charge in [-0.25, -0.2) is 4.79 Å². The summed E-state index contributed by atoms with van der Waals surface area (Å²) in [6, 6.07) is 15.2. The van der Waals surface area contributed by atoms with Crippen LogP contribution in [0.15, 0.2) is 67.4 Å². The molecule has 0 aliphatic rings. The van der Waals surface area contributed by atoms with Gasteiger partial charge in [0.2, 0.25) is 0 Å². The second kappa shape index (κ2) is 6.33. The van der Waals surface area contributed by atoms with Gasteiger partial charge in [0.1, 0.15) is 5.75 Å². The summed E-state index contributed by atoms with van der Waals surface area (Å²) < 4.78 is 9.45. The van der Waals surface area contributed by atoms with Crippen molar-refractivity contribution in [1.82, 2.24) is 0 Å². The first-order valence-electron chi connectivity index (χ1n) is 5.90. The monoisotopic (exact) mass is 268 g/mol. The van der Waals surface area contributed by atoms with Crippen LogP contribution in [0.3, 0.4) is 0 Å². The molecule has 0 saturated carbocycles. The number of ether oxygens (including phenoxy) is 2. The molecule has 0 N–H and O–H groups in total. The highest BCUT2D eigenvalue weighted by Gasteiger charge is 2.16. The van der Waals surface area contributed by atoms with Crippen LogP contribution in [0.4, 0.5) is 4.79 Å². The Bertz CT molecular complexity index is 632. The van der Waals surface area contributed by atoms with Crippen LogP contribution in [-0.2, 0) is 4.74 Å². The summed E-state index contributed by atoms with van der Waals surface area (Å²) in [4.78, 5) is 23.7. The van der Waals surface area contributed by atoms with E-state index < -0.39 is 6.16 Å². The second-order valence-electron chi connectivity index (χ2n) is 3.83. The van der Waals surface area contributed by atoms with E-state index in [1.165, 1.54) is 6.07 Å². The van der Waals surface area contributed by atoms with Crippen LogP contribution in [0.1, 0.15) is 15.9 Å². The van der Waals surface area contributed by atoms with E-state index in [9.17, 15) is 9.59 Å². The van der Waals surface area contributed by atoms with Crippen LogP contribution in [0, 0.1) is 0 Å². The normalized spacial score (nSPS) is 9.60. The number of rotatable bonds is 4. The minimum atomic E-state index is -0.937. The predicted molar refractivity (Wildman–Crippen MR) is 73.6 cm³/mol. The highest BCUT2D eigenvalue weighted by Crippen LogP contribution is 2.22. The van der Waals surface area contributed by atoms with Gasteiger partial charge in [-0.3, -0.25) is 4.79 Å². The lowest BCUT2D eigenvalue weighted by atomic mass is 10.0. The molecule has 0 fully saturated rings. The van der Waals surface area contributed by atoms with Crippen LogP contribution in [-0.4, -0.2) is 11.9 Å². The molecular formula is C16H12O4. The summed E-state index contributed by atoms with van der Waals surface area (Å²) in [6.45, 7) is 3.26. The molecule has 0 atom stereocenters. The number of carbonyl (C=O) groups is 2. The van der Waals surface area contributed by atoms with E-state index in [2.05, 4.69) is 11.3 Å². The molecule has 0 aliphatic heterocycles. The van der Waals surface area contributed by atoms with Crippen molar-refractivity contribution in [3.8, 4) is 5.75 Å². The molecular weight excluding hydrogens is 256 g/mol. The molecule has 2 aromatic carbocycles. The highest BCUT2D eigenvalue weighted by atomic mass is 16.7. The molecule has 4 nitrogen and oxygen atoms in total. The molecule has 2 rings (SSSR count). The third-order valence-corrected chi connectivity index (χ3v) is 2.54. The van der Waals surface area contributed by atoms with Gasteiger partial charge >= 0.3 is 6.16 Å². The van der Waals surface area contributed by atoms with Gasteiger partial charge in [-0.15, -0.1) is 0 Å². The van der Waals surface area contributed by atoms with Crippen LogP contribution in [0.25, 0.3) is 0 Å². The fourth-order valence-electron chi connectivity index (χ4n) is 1.67. The van der Waals surface area contributed by atoms with Crippen LogP contribution < -0.4 is 4.74 Å². The summed E-state index contributed by atoms with van der Waals surface area (Å²) in [5.74, 6) is -0.0826. The third kappa shape index (κ3) is 3.11. The van der Waals surface area contributed by atoms with E-state index >= 15 is 0 Å². The number of para-hydroxylation sites is 1. The predicted octanol–water partition coefficient (Wildman–Crippen LogP) is 3.58. The lowest BCUT2D eigenvalue weighted by molar-refractivity contribution is 0.103. The van der Waals surface area contributed by atoms with E-state index in [-0.39, 0.29) is 11.5 Å². The smallest absolute Gasteiger partial charge is 0.403 e. The zero-order valence-electron chi connectivity index (χ0n) is 10.6. The largest absolute Gasteiger partial charge is 0.518 e. The highest BCUT2D eigenvalue weighted by molar-refractivity contribution is 6.10. The van der Waals surface area contributed by atoms with Crippen LogP contribution in [0.2, 0.25) is 0 Å². The molecule has 0 aliphatic carbocycles. The fourth-order valence-corrected chi connectivity index (χ4v) is 1.67. The summed E-state index contributed by atoms with van der Waals surface area (Å²) in [7, 11) is 0. The third-order valence-electron chi connectivity index (χ3n) is 2.54. The Morgan fingerprint density at radius 3 is 2.30 bits per heavy atom. The zero-order chi connectivity index (χ0) is 14.4. The first kappa shape index (κ1) is 13.5. The quantitative estimate of drug-likeness (QED) is 0.368. The van der Waals surface area contributed by atoms with Gasteiger partial charge in [-0.1, -0.05) is 49.0 Å². The average Bonchev–Trinajstić information content (AvgIpc) is 2.48. The summed E-state index contributed by atoms with van der Waals surface area (Å²) in [5, 5.41) is 0. The minimum Gasteiger partial charge on any atom is -0.403 e. The van der Waals surface area contributed by atoms with E-state index in [1.54, 1.807) is 42.5 Å². The van der Waals surface area contributed by atoms with Crippen molar-refractivity contribution in [2.45, 2.75) is 0 Å². The molecule has 0 amide bonds. The lowest BCUT2D eigenvalue weighted by Gasteiger charge is -2.08. The van der Waals surface area contributed by atoms with Crippen LogP contribution in [0.5, 0.6) is 5.75 Å². The van der Waals surface area contributed by atoms with Gasteiger partial charge in [0.25, 0.3) is 0 Å². The first-order valence-corrected chi connectivity index (χ1v) is 5.90. The Morgan fingerprint density at radius 1 is 0.950 bits per heavy atom. The molecule has 0 aromatic heterocycles. The van der Waals surface area contributed by atoms with Crippen LogP contribution >= 0.6 is 0 Å². The lowest BCUT2D eigenvalue weighted by Crippen LogP contribution is -2.11. The molecule has 20 heavy (non-hydrogen) atoms. The van der Waals surface area contributed by atoms with Crippen molar-refractivity contribution in [1.29, 1.82) is 0 Å². The second-order valence-corrected chi connectivity index (χ2v) is 3.83. The van der Waals surface area contributed by atoms with Gasteiger partial charge in [0.05, 0.1) is 11.8 Å². The fraction of sp³-hybridized carbons (Fsp3) is 0. The molecule has 0 radical (unpaired) electrons. The maximum atomic E-state index is 12.4. The summed E-state index contributed by atoms with van der Waals surface area (Å²) in [6.07, 6.45) is 0.0255. The molecule has 0 heterocycles. The molecule has 0 spiro atoms. The zero-order valence-corrected chi connectivity index (χ0v) is 10.6. The molecule has 4 heteroatoms. The number of hydrogen-bond donors (Lipinski definition) is 0. The van der Waals surface area contributed by atoms with E-state index in [0.29, 0.717) is 11.1 Å². The maximum Gasteiger partial charge on any atom is 0.518 e. The SMILES string of the molecule is C=COC(=O)Oc1ccccc1C(=O)c1ccccc1. The van der Waals surface area contributed by atoms with Crippen molar-refractivity contribution in [2.24, 2.45) is 0 Å². The van der Waals surface area contributed by atoms with E-state index in [1.807, 2.05) is 6.07 Å². The Morgan fingerprint density at radius 2 is 1.60 bits per heavy atom. The Hall–Kier alpha value is -2.88. The van der Waals surface area contributed by atoms with Crippen molar-refractivity contribution < 1.29 is 19.1 Å². The maximum absolute atomic E-state index is 12.4. The number of benzene rings is 2. The summed E-state index contributed by atoms with van der Waals surface area (Å²) in [5.41, 5.74) is 0.806. The summed E-state index contributed by atoms with van der Waals surface area (Å²) >= 11 is 0. The van der Waals surface area contributed by atoms with Gasteiger partial charge in [0.15, 0.2) is 5.78 Å². The van der Waals surface area contributed by atoms with Crippen molar-refractivity contribution in [3.05, 3.63) is 78.6 Å². The minimum absolute atomic E-state index is 0.146. The Labute approximate surface area is 116 Å². The van der Waals surface area contributed by atoms with Gasteiger partial charge < -0.3 is 9.47 Å². The Kier molecular flexibility index (Phi) is 4.29. The number of ketones is 1. The number of carbonyl (C=O) groups excluding carboxylic acids is 2. The van der Waals surface area contributed by atoms with Gasteiger partial charge in [0, 0.05) is 5.56 Å². The van der Waals surface area contributed by atoms with Crippen molar-refractivity contribution >= 4 is 11.9 Å².